The summed E-state index contributed by atoms with van der Waals surface area (Å²) in [6, 6.07) is 8.99. The molecule has 0 fully saturated rings. The highest BCUT2D eigenvalue weighted by atomic mass is 35.5. The van der Waals surface area contributed by atoms with E-state index in [1.807, 2.05) is 0 Å². The predicted molar refractivity (Wildman–Crippen MR) is 112 cm³/mol. The molecule has 13 heteroatoms. The second-order valence-electron chi connectivity index (χ2n) is 6.48. The molecule has 4 rings (SSSR count). The molecule has 0 unspecified atom stereocenters. The molecule has 164 valence electrons. The van der Waals surface area contributed by atoms with Crippen LogP contribution in [0.1, 0.15) is 12.1 Å². The van der Waals surface area contributed by atoms with Gasteiger partial charge in [0.05, 0.1) is 26.5 Å². The predicted octanol–water partition coefficient (Wildman–Crippen LogP) is 3.20. The van der Waals surface area contributed by atoms with Crippen LogP contribution in [0.4, 0.5) is 8.78 Å². The van der Waals surface area contributed by atoms with Gasteiger partial charge in [-0.1, -0.05) is 35.3 Å². The highest BCUT2D eigenvalue weighted by molar-refractivity contribution is 6.37. The Balaban J connectivity index is 1.83. The minimum absolute atomic E-state index is 0.0403. The molecule has 0 amide bonds. The number of benzene rings is 2. The molecular formula is C19H11Cl2F2N5O4. The fraction of sp³-hybridized carbons (Fsp3) is 0.105. The first-order valence-electron chi connectivity index (χ1n) is 8.82. The number of aromatic nitrogens is 5. The molecule has 0 aliphatic heterocycles. The maximum atomic E-state index is 13.0. The van der Waals surface area contributed by atoms with Gasteiger partial charge in [0, 0.05) is 7.05 Å². The van der Waals surface area contributed by atoms with E-state index < -0.39 is 23.4 Å². The van der Waals surface area contributed by atoms with Gasteiger partial charge in [-0.05, 0) is 24.3 Å². The average Bonchev–Trinajstić information content (AvgIpc) is 2.73. The molecule has 9 nitrogen and oxygen atoms in total. The highest BCUT2D eigenvalue weighted by Crippen LogP contribution is 2.38. The van der Waals surface area contributed by atoms with Crippen molar-refractivity contribution >= 4 is 34.0 Å². The van der Waals surface area contributed by atoms with Crippen LogP contribution in [-0.2, 0) is 7.05 Å². The van der Waals surface area contributed by atoms with Gasteiger partial charge >= 0.3 is 5.69 Å². The number of ether oxygens (including phenoxy) is 1. The number of alkyl halides is 2. The molecule has 0 aliphatic carbocycles. The van der Waals surface area contributed by atoms with E-state index in [1.54, 1.807) is 29.2 Å². The van der Waals surface area contributed by atoms with Crippen molar-refractivity contribution in [2.24, 2.45) is 7.05 Å². The normalized spacial score (nSPS) is 11.3. The molecule has 0 saturated heterocycles. The van der Waals surface area contributed by atoms with E-state index >= 15 is 0 Å². The van der Waals surface area contributed by atoms with Gasteiger partial charge in [0.15, 0.2) is 11.4 Å². The van der Waals surface area contributed by atoms with Crippen LogP contribution in [0.3, 0.4) is 0 Å². The third-order valence-electron chi connectivity index (χ3n) is 4.41. The number of aryl methyl sites for hydroxylation is 1. The molecular weight excluding hydrogens is 471 g/mol. The first kappa shape index (κ1) is 21.7. The Morgan fingerprint density at radius 2 is 1.66 bits per heavy atom. The lowest BCUT2D eigenvalue weighted by Gasteiger charge is -2.13. The van der Waals surface area contributed by atoms with E-state index in [0.29, 0.717) is 15.5 Å². The van der Waals surface area contributed by atoms with Crippen molar-refractivity contribution in [2.45, 2.75) is 6.43 Å². The Kier molecular flexibility index (Phi) is 5.53. The maximum Gasteiger partial charge on any atom is 0.349 e. The minimum Gasteiger partial charge on any atom is -0.434 e. The van der Waals surface area contributed by atoms with Gasteiger partial charge in [-0.15, -0.1) is 5.10 Å². The Morgan fingerprint density at radius 3 is 2.28 bits per heavy atom. The van der Waals surface area contributed by atoms with Crippen molar-refractivity contribution in [3.8, 4) is 17.3 Å². The number of aromatic amines is 1. The van der Waals surface area contributed by atoms with Gasteiger partial charge < -0.3 is 4.74 Å². The number of halogens is 4. The summed E-state index contributed by atoms with van der Waals surface area (Å²) >= 11 is 12.5. The molecule has 0 saturated carbocycles. The molecule has 0 atom stereocenters. The van der Waals surface area contributed by atoms with E-state index in [9.17, 15) is 23.2 Å². The molecule has 2 heterocycles. The summed E-state index contributed by atoms with van der Waals surface area (Å²) < 4.78 is 33.4. The van der Waals surface area contributed by atoms with E-state index in [-0.39, 0.29) is 32.9 Å². The van der Waals surface area contributed by atoms with Crippen molar-refractivity contribution < 1.29 is 13.5 Å². The molecule has 32 heavy (non-hydrogen) atoms. The van der Waals surface area contributed by atoms with E-state index in [0.717, 1.165) is 4.68 Å². The van der Waals surface area contributed by atoms with Gasteiger partial charge in [-0.2, -0.15) is 9.78 Å². The van der Waals surface area contributed by atoms with Crippen LogP contribution in [0.15, 0.2) is 50.8 Å². The number of rotatable bonds is 4. The average molecular weight is 482 g/mol. The van der Waals surface area contributed by atoms with E-state index in [4.69, 9.17) is 27.9 Å². The lowest BCUT2D eigenvalue weighted by atomic mass is 10.2. The Hall–Kier alpha value is -3.57. The van der Waals surface area contributed by atoms with Crippen molar-refractivity contribution in [1.82, 2.24) is 24.5 Å². The highest BCUT2D eigenvalue weighted by Gasteiger charge is 2.20. The number of nitrogens with one attached hydrogen (secondary N) is 1. The van der Waals surface area contributed by atoms with Crippen LogP contribution < -0.4 is 21.5 Å². The molecule has 2 aromatic carbocycles. The first-order valence-corrected chi connectivity index (χ1v) is 9.58. The quantitative estimate of drug-likeness (QED) is 0.478. The summed E-state index contributed by atoms with van der Waals surface area (Å²) in [4.78, 5) is 37.6. The third kappa shape index (κ3) is 3.76. The van der Waals surface area contributed by atoms with Crippen LogP contribution in [0, 0.1) is 0 Å². The van der Waals surface area contributed by atoms with Crippen molar-refractivity contribution in [1.29, 1.82) is 0 Å². The number of hydrogen-bond acceptors (Lipinski definition) is 6. The number of fused-ring (bicyclic) bond motifs is 1. The maximum absolute atomic E-state index is 13.0. The number of nitrogens with zero attached hydrogens (tertiary/aromatic N) is 4. The second kappa shape index (κ2) is 8.17. The Bertz CT molecular complexity index is 1520. The fourth-order valence-corrected chi connectivity index (χ4v) is 3.49. The van der Waals surface area contributed by atoms with Crippen LogP contribution in [0.5, 0.6) is 11.6 Å². The first-order chi connectivity index (χ1) is 15.2. The van der Waals surface area contributed by atoms with Crippen LogP contribution in [0.2, 0.25) is 10.0 Å². The van der Waals surface area contributed by atoms with Gasteiger partial charge in [-0.25, -0.2) is 18.3 Å². The Labute approximate surface area is 186 Å². The lowest BCUT2D eigenvalue weighted by molar-refractivity contribution is 0.141. The molecule has 1 N–H and O–H groups in total. The minimum atomic E-state index is -3.21. The second-order valence-corrected chi connectivity index (χ2v) is 7.29. The zero-order valence-electron chi connectivity index (χ0n) is 16.0. The van der Waals surface area contributed by atoms with Crippen molar-refractivity contribution in [2.75, 3.05) is 0 Å². The summed E-state index contributed by atoms with van der Waals surface area (Å²) in [5.41, 5.74) is -3.93. The number of H-pyrrole nitrogens is 1. The van der Waals surface area contributed by atoms with Gasteiger partial charge in [0.25, 0.3) is 17.5 Å². The summed E-state index contributed by atoms with van der Waals surface area (Å²) in [6.45, 7) is 0. The van der Waals surface area contributed by atoms with Crippen molar-refractivity contribution in [3.63, 3.8) is 0 Å². The lowest BCUT2D eigenvalue weighted by Crippen LogP contribution is -2.34. The number of hydrogen-bond donors (Lipinski definition) is 1. The molecule has 0 spiro atoms. The molecule has 2 aromatic heterocycles. The molecule has 0 aliphatic rings. The zero-order valence-corrected chi connectivity index (χ0v) is 17.5. The van der Waals surface area contributed by atoms with Gasteiger partial charge in [0.1, 0.15) is 0 Å². The summed E-state index contributed by atoms with van der Waals surface area (Å²) in [7, 11) is 1.45. The van der Waals surface area contributed by atoms with Gasteiger partial charge in [-0.3, -0.25) is 14.6 Å². The fourth-order valence-electron chi connectivity index (χ4n) is 2.93. The molecule has 4 aromatic rings. The monoisotopic (exact) mass is 481 g/mol. The SMILES string of the molecule is Cn1nc(Oc2c(Cl)cc(-n3nc(C(F)F)c(=O)[nH]c3=O)cc2Cl)c2ccccc2c1=O. The Morgan fingerprint density at radius 1 is 1.03 bits per heavy atom. The summed E-state index contributed by atoms with van der Waals surface area (Å²) in [6.07, 6.45) is -3.21. The van der Waals surface area contributed by atoms with Crippen LogP contribution in [-0.4, -0.2) is 24.5 Å². The van der Waals surface area contributed by atoms with Crippen molar-refractivity contribution in [3.05, 3.63) is 83.3 Å². The van der Waals surface area contributed by atoms with Gasteiger partial charge in [0.2, 0.25) is 5.88 Å². The van der Waals surface area contributed by atoms with Crippen LogP contribution >= 0.6 is 23.2 Å². The topological polar surface area (TPSA) is 112 Å². The van der Waals surface area contributed by atoms with E-state index in [2.05, 4.69) is 10.2 Å². The third-order valence-corrected chi connectivity index (χ3v) is 4.97. The standard InChI is InChI=1S/C19H11Cl2F2N5O4/c1-27-18(30)10-5-3-2-4-9(10)17(26-27)32-14-11(20)6-8(7-12(14)21)28-19(31)24-16(29)13(25-28)15(22)23/h2-7,15H,1H3,(H,24,29,31). The zero-order chi connectivity index (χ0) is 23.2. The smallest absolute Gasteiger partial charge is 0.349 e. The summed E-state index contributed by atoms with van der Waals surface area (Å²) in [5, 5.41) is 8.04. The molecule has 0 bridgehead atoms. The molecule has 0 radical (unpaired) electrons. The summed E-state index contributed by atoms with van der Waals surface area (Å²) in [5.74, 6) is -0.0153. The van der Waals surface area contributed by atoms with E-state index in [1.165, 1.54) is 19.2 Å². The van der Waals surface area contributed by atoms with Crippen LogP contribution in [0.25, 0.3) is 16.5 Å². The largest absolute Gasteiger partial charge is 0.434 e.